The number of rotatable bonds is 3. The van der Waals surface area contributed by atoms with Gasteiger partial charge in [0.25, 0.3) is 0 Å². The molecule has 140 valence electrons. The summed E-state index contributed by atoms with van der Waals surface area (Å²) in [5.74, 6) is 0.623. The molecule has 0 bridgehead atoms. The molecule has 4 aromatic rings. The fraction of sp³-hybridized carbons (Fsp3) is 0.316. The Labute approximate surface area is 159 Å². The number of amides is 1. The number of pyridine rings is 1. The van der Waals surface area contributed by atoms with Crippen LogP contribution in [-0.4, -0.2) is 47.1 Å². The zero-order valence-corrected chi connectivity index (χ0v) is 14.9. The Bertz CT molecular complexity index is 1150. The molecule has 9 nitrogen and oxygen atoms in total. The summed E-state index contributed by atoms with van der Waals surface area (Å²) in [5, 5.41) is 12.7. The summed E-state index contributed by atoms with van der Waals surface area (Å²) in [5.41, 5.74) is 3.55. The normalized spacial score (nSPS) is 19.1. The highest BCUT2D eigenvalue weighted by molar-refractivity contribution is 5.90. The first-order valence-corrected chi connectivity index (χ1v) is 9.39. The Kier molecular flexibility index (Phi) is 3.20. The fourth-order valence-corrected chi connectivity index (χ4v) is 3.83. The van der Waals surface area contributed by atoms with Gasteiger partial charge in [-0.3, -0.25) is 4.79 Å². The molecule has 1 aliphatic heterocycles. The van der Waals surface area contributed by atoms with Gasteiger partial charge in [-0.2, -0.15) is 5.10 Å². The number of nitrogens with zero attached hydrogens (tertiary/aromatic N) is 6. The van der Waals surface area contributed by atoms with Crippen molar-refractivity contribution in [2.24, 2.45) is 0 Å². The van der Waals surface area contributed by atoms with E-state index < -0.39 is 6.04 Å². The van der Waals surface area contributed by atoms with Crippen molar-refractivity contribution in [3.63, 3.8) is 0 Å². The second-order valence-electron chi connectivity index (χ2n) is 7.28. The van der Waals surface area contributed by atoms with Gasteiger partial charge in [-0.25, -0.2) is 9.50 Å². The van der Waals surface area contributed by atoms with Crippen molar-refractivity contribution in [1.82, 2.24) is 34.7 Å². The maximum absolute atomic E-state index is 13.2. The van der Waals surface area contributed by atoms with E-state index in [0.717, 1.165) is 35.4 Å². The van der Waals surface area contributed by atoms with Gasteiger partial charge < -0.3 is 14.3 Å². The largest absolute Gasteiger partial charge is 0.417 e. The minimum atomic E-state index is -0.404. The van der Waals surface area contributed by atoms with E-state index in [0.29, 0.717) is 24.8 Å². The maximum Gasteiger partial charge on any atom is 0.312 e. The van der Waals surface area contributed by atoms with Gasteiger partial charge in [0.2, 0.25) is 5.89 Å². The lowest BCUT2D eigenvalue weighted by Crippen LogP contribution is -2.41. The van der Waals surface area contributed by atoms with Crippen molar-refractivity contribution >= 4 is 11.4 Å². The second kappa shape index (κ2) is 5.75. The van der Waals surface area contributed by atoms with Crippen LogP contribution in [-0.2, 0) is 6.42 Å². The van der Waals surface area contributed by atoms with E-state index in [1.807, 2.05) is 30.5 Å². The monoisotopic (exact) mass is 375 g/mol. The number of hydrogen-bond acceptors (Lipinski definition) is 6. The number of fused-ring (bicyclic) bond motifs is 2. The standard InChI is InChI=1S/C19H17N7O2/c27-19(18-23-22-17(28-18)11-4-5-11)25-8-6-13-15(21-10-20-13)16(25)14-9-12-3-1-2-7-26(12)24-14/h1-3,7,9-11,16H,4-6,8H2,(H,20,21)/t16-/m1/s1. The van der Waals surface area contributed by atoms with Crippen molar-refractivity contribution in [3.8, 4) is 0 Å². The summed E-state index contributed by atoms with van der Waals surface area (Å²) >= 11 is 0. The Morgan fingerprint density at radius 2 is 2.18 bits per heavy atom. The van der Waals surface area contributed by atoms with E-state index in [1.165, 1.54) is 0 Å². The molecule has 6 rings (SSSR count). The van der Waals surface area contributed by atoms with Crippen molar-refractivity contribution in [2.75, 3.05) is 6.54 Å². The molecule has 1 fully saturated rings. The molecule has 1 aliphatic carbocycles. The van der Waals surface area contributed by atoms with Gasteiger partial charge in [0.1, 0.15) is 6.04 Å². The predicted octanol–water partition coefficient (Wildman–Crippen LogP) is 2.11. The van der Waals surface area contributed by atoms with E-state index in [1.54, 1.807) is 15.7 Å². The molecule has 0 radical (unpaired) electrons. The summed E-state index contributed by atoms with van der Waals surface area (Å²) in [7, 11) is 0. The van der Waals surface area contributed by atoms with Crippen molar-refractivity contribution in [1.29, 1.82) is 0 Å². The number of aromatic amines is 1. The van der Waals surface area contributed by atoms with Crippen LogP contribution in [0.4, 0.5) is 0 Å². The highest BCUT2D eigenvalue weighted by atomic mass is 16.4. The van der Waals surface area contributed by atoms with Crippen LogP contribution in [0, 0.1) is 0 Å². The van der Waals surface area contributed by atoms with Crippen LogP contribution < -0.4 is 0 Å². The SMILES string of the molecule is O=C(c1nnc(C2CC2)o1)N1CCc2[nH]cnc2[C@H]1c1cc2ccccn2n1. The molecule has 0 saturated heterocycles. The molecule has 1 amide bonds. The van der Waals surface area contributed by atoms with Crippen molar-refractivity contribution < 1.29 is 9.21 Å². The van der Waals surface area contributed by atoms with Gasteiger partial charge in [-0.05, 0) is 31.0 Å². The fourth-order valence-electron chi connectivity index (χ4n) is 3.83. The third-order valence-electron chi connectivity index (χ3n) is 5.41. The van der Waals surface area contributed by atoms with E-state index in [9.17, 15) is 4.79 Å². The maximum atomic E-state index is 13.2. The number of nitrogens with one attached hydrogen (secondary N) is 1. The zero-order valence-electron chi connectivity index (χ0n) is 14.9. The summed E-state index contributed by atoms with van der Waals surface area (Å²) < 4.78 is 7.47. The number of hydrogen-bond donors (Lipinski definition) is 1. The van der Waals surface area contributed by atoms with Crippen LogP contribution in [0.3, 0.4) is 0 Å². The summed E-state index contributed by atoms with van der Waals surface area (Å²) in [4.78, 5) is 22.6. The number of carbonyl (C=O) groups excluding carboxylic acids is 1. The molecule has 0 aromatic carbocycles. The van der Waals surface area contributed by atoms with Crippen LogP contribution in [0.2, 0.25) is 0 Å². The molecule has 0 spiro atoms. The van der Waals surface area contributed by atoms with Gasteiger partial charge >= 0.3 is 11.8 Å². The lowest BCUT2D eigenvalue weighted by molar-refractivity contribution is 0.0644. The lowest BCUT2D eigenvalue weighted by atomic mass is 9.99. The smallest absolute Gasteiger partial charge is 0.312 e. The lowest BCUT2D eigenvalue weighted by Gasteiger charge is -2.32. The van der Waals surface area contributed by atoms with Crippen LogP contribution in [0.25, 0.3) is 5.52 Å². The summed E-state index contributed by atoms with van der Waals surface area (Å²) in [6, 6.07) is 7.45. The Morgan fingerprint density at radius 1 is 1.25 bits per heavy atom. The van der Waals surface area contributed by atoms with Gasteiger partial charge in [0, 0.05) is 30.8 Å². The Hall–Kier alpha value is -3.49. The van der Waals surface area contributed by atoms with Gasteiger partial charge in [-0.1, -0.05) is 6.07 Å². The molecule has 1 saturated carbocycles. The third-order valence-corrected chi connectivity index (χ3v) is 5.41. The Balaban J connectivity index is 1.43. The zero-order chi connectivity index (χ0) is 18.7. The Morgan fingerprint density at radius 3 is 3.04 bits per heavy atom. The molecular formula is C19H17N7O2. The number of carbonyl (C=O) groups is 1. The minimum Gasteiger partial charge on any atom is -0.417 e. The molecule has 1 N–H and O–H groups in total. The first-order chi connectivity index (χ1) is 13.8. The molecule has 1 atom stereocenters. The molecule has 0 unspecified atom stereocenters. The van der Waals surface area contributed by atoms with Crippen LogP contribution in [0.15, 0.2) is 41.2 Å². The van der Waals surface area contributed by atoms with Crippen LogP contribution in [0.5, 0.6) is 0 Å². The van der Waals surface area contributed by atoms with E-state index >= 15 is 0 Å². The van der Waals surface area contributed by atoms with E-state index in [2.05, 4.69) is 25.3 Å². The number of aromatic nitrogens is 6. The molecular weight excluding hydrogens is 358 g/mol. The average molecular weight is 375 g/mol. The van der Waals surface area contributed by atoms with Gasteiger partial charge in [0.15, 0.2) is 0 Å². The van der Waals surface area contributed by atoms with E-state index in [4.69, 9.17) is 4.42 Å². The first-order valence-electron chi connectivity index (χ1n) is 9.39. The molecule has 28 heavy (non-hydrogen) atoms. The predicted molar refractivity (Wildman–Crippen MR) is 96.6 cm³/mol. The molecule has 5 heterocycles. The van der Waals surface area contributed by atoms with Crippen molar-refractivity contribution in [2.45, 2.75) is 31.2 Å². The van der Waals surface area contributed by atoms with Gasteiger partial charge in [-0.15, -0.1) is 10.2 Å². The van der Waals surface area contributed by atoms with Crippen LogP contribution in [0.1, 0.15) is 58.5 Å². The number of H-pyrrole nitrogens is 1. The summed E-state index contributed by atoms with van der Waals surface area (Å²) in [6.07, 6.45) is 6.33. The molecule has 2 aliphatic rings. The minimum absolute atomic E-state index is 0.0367. The third kappa shape index (κ3) is 2.35. The highest BCUT2D eigenvalue weighted by Gasteiger charge is 2.39. The molecule has 4 aromatic heterocycles. The van der Waals surface area contributed by atoms with E-state index in [-0.39, 0.29) is 11.8 Å². The molecule has 9 heteroatoms. The quantitative estimate of drug-likeness (QED) is 0.588. The highest BCUT2D eigenvalue weighted by Crippen LogP contribution is 2.39. The first kappa shape index (κ1) is 15.6. The number of imidazole rings is 1. The summed E-state index contributed by atoms with van der Waals surface area (Å²) in [6.45, 7) is 0.522. The second-order valence-corrected chi connectivity index (χ2v) is 7.28. The average Bonchev–Trinajstić information content (AvgIpc) is 3.14. The van der Waals surface area contributed by atoms with Crippen molar-refractivity contribution in [3.05, 3.63) is 65.7 Å². The van der Waals surface area contributed by atoms with Gasteiger partial charge in [0.05, 0.1) is 23.2 Å². The van der Waals surface area contributed by atoms with Crippen LogP contribution >= 0.6 is 0 Å². The topological polar surface area (TPSA) is 105 Å².